The largest absolute Gasteiger partial charge is 0.432 e. The van der Waals surface area contributed by atoms with Crippen LogP contribution in [0, 0.1) is 0 Å². The number of thioether (sulfide) groups is 2. The lowest BCUT2D eigenvalue weighted by molar-refractivity contribution is 0.431. The first kappa shape index (κ1) is 46.8. The Labute approximate surface area is 347 Å². The summed E-state index contributed by atoms with van der Waals surface area (Å²) in [7, 11) is -5.27. The summed E-state index contributed by atoms with van der Waals surface area (Å²) in [4.78, 5) is 27.3. The Morgan fingerprint density at radius 2 is 1.00 bits per heavy atom. The zero-order chi connectivity index (χ0) is 38.8. The average Bonchev–Trinajstić information content (AvgIpc) is 3.16. The van der Waals surface area contributed by atoms with Crippen LogP contribution in [0.3, 0.4) is 0 Å². The number of benzene rings is 3. The molecule has 296 valence electrons. The lowest BCUT2D eigenvalue weighted by Crippen LogP contribution is -2.43. The number of unbranched alkanes of at least 4 members (excludes halogenated alkanes) is 5. The van der Waals surface area contributed by atoms with Crippen LogP contribution in [0.5, 0.6) is 0 Å². The first-order valence-electron chi connectivity index (χ1n) is 20.6. The molecule has 0 saturated heterocycles. The molecule has 0 amide bonds. The predicted molar refractivity (Wildman–Crippen MR) is 250 cm³/mol. The highest BCUT2D eigenvalue weighted by Gasteiger charge is 2.45. The minimum absolute atomic E-state index is 0.310. The van der Waals surface area contributed by atoms with E-state index in [0.29, 0.717) is 0 Å². The van der Waals surface area contributed by atoms with E-state index >= 15 is 0 Å². The average molecular weight is 830 g/mol. The van der Waals surface area contributed by atoms with E-state index in [1.807, 2.05) is 11.8 Å². The molecular weight excluding hydrogens is 757 g/mol. The van der Waals surface area contributed by atoms with Crippen molar-refractivity contribution < 1.29 is 9.59 Å². The highest BCUT2D eigenvalue weighted by Crippen LogP contribution is 2.49. The van der Waals surface area contributed by atoms with Crippen molar-refractivity contribution in [3.63, 3.8) is 0 Å². The third-order valence-corrected chi connectivity index (χ3v) is 19.4. The summed E-state index contributed by atoms with van der Waals surface area (Å²) >= 11 is 12.9. The van der Waals surface area contributed by atoms with Gasteiger partial charge in [-0.2, -0.15) is 25.3 Å². The Bertz CT molecular complexity index is 1450. The molecule has 2 N–H and O–H groups in total. The van der Waals surface area contributed by atoms with Gasteiger partial charge in [-0.25, -0.2) is 0 Å². The van der Waals surface area contributed by atoms with Crippen molar-refractivity contribution >= 4 is 65.4 Å². The van der Waals surface area contributed by atoms with Crippen LogP contribution in [0.2, 0.25) is 37.3 Å². The maximum absolute atomic E-state index is 12.4. The number of rotatable bonds is 27. The van der Waals surface area contributed by atoms with Gasteiger partial charge in [0.2, 0.25) is 0 Å². The molecule has 0 aliphatic carbocycles. The van der Waals surface area contributed by atoms with Gasteiger partial charge in [0, 0.05) is 20.6 Å². The van der Waals surface area contributed by atoms with Crippen molar-refractivity contribution in [2.24, 2.45) is 0 Å². The van der Waals surface area contributed by atoms with Crippen LogP contribution in [0.15, 0.2) is 82.6 Å². The maximum atomic E-state index is 12.4. The van der Waals surface area contributed by atoms with Gasteiger partial charge in [-0.15, -0.1) is 23.5 Å². The van der Waals surface area contributed by atoms with E-state index in [1.165, 1.54) is 57.7 Å². The summed E-state index contributed by atoms with van der Waals surface area (Å²) in [6.45, 7) is 11.2. The molecule has 0 radical (unpaired) electrons. The van der Waals surface area contributed by atoms with Gasteiger partial charge >= 0.3 is 0 Å². The Balaban J connectivity index is 2.37. The quantitative estimate of drug-likeness (QED) is 0.0267. The van der Waals surface area contributed by atoms with Crippen LogP contribution >= 0.6 is 48.8 Å². The van der Waals surface area contributed by atoms with Crippen molar-refractivity contribution in [1.29, 1.82) is 0 Å². The van der Waals surface area contributed by atoms with Crippen LogP contribution in [0.4, 0.5) is 0 Å². The Morgan fingerprint density at radius 1 is 0.566 bits per heavy atom. The molecular formula is C45H72O2S4Si2. The molecule has 0 heterocycles. The Kier molecular flexibility index (Phi) is 20.8. The van der Waals surface area contributed by atoms with E-state index in [-0.39, 0.29) is 10.8 Å². The third kappa shape index (κ3) is 14.1. The van der Waals surface area contributed by atoms with Gasteiger partial charge in [0.25, 0.3) is 0 Å². The zero-order valence-electron chi connectivity index (χ0n) is 34.0. The Morgan fingerprint density at radius 3 is 1.40 bits per heavy atom. The SMILES string of the molecule is CCCCCC(C[Si](C)(O)CCCS)(c1ccc(SC)cc1)c1cccc(C(CCCCC)(C[Si](C)(O)CCCS)c2ccc(SCCCC)cc2)c1. The molecule has 3 aromatic carbocycles. The fourth-order valence-electron chi connectivity index (χ4n) is 8.48. The molecule has 2 nitrogen and oxygen atoms in total. The summed E-state index contributed by atoms with van der Waals surface area (Å²) in [5, 5.41) is 0. The van der Waals surface area contributed by atoms with E-state index in [4.69, 9.17) is 0 Å². The van der Waals surface area contributed by atoms with Crippen molar-refractivity contribution in [1.82, 2.24) is 0 Å². The summed E-state index contributed by atoms with van der Waals surface area (Å²) in [5.41, 5.74) is 4.68. The molecule has 3 rings (SSSR count). The molecule has 4 atom stereocenters. The molecule has 0 fully saturated rings. The van der Waals surface area contributed by atoms with Crippen molar-refractivity contribution in [3.05, 3.63) is 95.1 Å². The standard InChI is InChI=1S/C45H72O2S4Si2/c1-7-10-13-28-44(36-52(5,46)33-16-30-48,38-20-24-42(50-4)25-21-38)40-18-15-19-41(35-40)45(29-14-11-8-2,37-53(6,47)34-17-31-49)39-22-26-43(27-23-39)51-32-12-9-3/h15,18-27,35,46-49H,7-14,16-17,28-34,36-37H2,1-6H3. The van der Waals surface area contributed by atoms with Gasteiger partial charge in [-0.3, -0.25) is 0 Å². The van der Waals surface area contributed by atoms with E-state index in [9.17, 15) is 9.59 Å². The summed E-state index contributed by atoms with van der Waals surface area (Å²) < 4.78 is 0. The molecule has 3 aromatic rings. The molecule has 8 heteroatoms. The lowest BCUT2D eigenvalue weighted by Gasteiger charge is -2.43. The summed E-state index contributed by atoms with van der Waals surface area (Å²) in [5.74, 6) is 2.75. The molecule has 0 aromatic heterocycles. The van der Waals surface area contributed by atoms with E-state index in [2.05, 4.69) is 138 Å². The normalized spacial score (nSPS) is 16.4. The van der Waals surface area contributed by atoms with Gasteiger partial charge in [0.1, 0.15) is 0 Å². The molecule has 0 saturated carbocycles. The minimum atomic E-state index is -2.64. The van der Waals surface area contributed by atoms with E-state index in [0.717, 1.165) is 92.8 Å². The van der Waals surface area contributed by atoms with Crippen LogP contribution in [0.25, 0.3) is 0 Å². The molecule has 0 spiro atoms. The number of hydrogen-bond donors (Lipinski definition) is 4. The molecule has 0 aliphatic rings. The molecule has 0 bridgehead atoms. The van der Waals surface area contributed by atoms with E-state index in [1.54, 1.807) is 11.8 Å². The summed E-state index contributed by atoms with van der Waals surface area (Å²) in [6, 6.07) is 31.6. The fraction of sp³-hybridized carbons (Fsp3) is 0.600. The lowest BCUT2D eigenvalue weighted by atomic mass is 9.68. The monoisotopic (exact) mass is 828 g/mol. The zero-order valence-corrected chi connectivity index (χ0v) is 39.4. The van der Waals surface area contributed by atoms with Crippen molar-refractivity contribution in [3.8, 4) is 0 Å². The fourth-order valence-corrected chi connectivity index (χ4v) is 16.8. The van der Waals surface area contributed by atoms with Gasteiger partial charge < -0.3 is 9.59 Å². The predicted octanol–water partition coefficient (Wildman–Crippen LogP) is 13.8. The van der Waals surface area contributed by atoms with Crippen LogP contribution < -0.4 is 0 Å². The highest BCUT2D eigenvalue weighted by atomic mass is 32.2. The highest BCUT2D eigenvalue weighted by molar-refractivity contribution is 7.99. The second-order valence-electron chi connectivity index (χ2n) is 16.1. The minimum Gasteiger partial charge on any atom is -0.432 e. The first-order chi connectivity index (χ1) is 25.4. The van der Waals surface area contributed by atoms with Crippen LogP contribution in [0.1, 0.15) is 120 Å². The molecule has 0 aliphatic heterocycles. The first-order valence-corrected chi connectivity index (χ1v) is 29.8. The van der Waals surface area contributed by atoms with Gasteiger partial charge in [-0.05, 0) is 139 Å². The smallest absolute Gasteiger partial charge is 0.186 e. The van der Waals surface area contributed by atoms with Crippen molar-refractivity contribution in [2.75, 3.05) is 23.5 Å². The molecule has 4 unspecified atom stereocenters. The molecule has 53 heavy (non-hydrogen) atoms. The van der Waals surface area contributed by atoms with Crippen LogP contribution in [-0.2, 0) is 10.8 Å². The van der Waals surface area contributed by atoms with E-state index < -0.39 is 16.6 Å². The third-order valence-electron chi connectivity index (χ3n) is 11.3. The number of hydrogen-bond acceptors (Lipinski definition) is 6. The van der Waals surface area contributed by atoms with Crippen LogP contribution in [-0.4, -0.2) is 49.7 Å². The van der Waals surface area contributed by atoms with Gasteiger partial charge in [-0.1, -0.05) is 114 Å². The van der Waals surface area contributed by atoms with Gasteiger partial charge in [0.15, 0.2) is 16.6 Å². The maximum Gasteiger partial charge on any atom is 0.186 e. The second kappa shape index (κ2) is 23.6. The Hall–Kier alpha value is -0.586. The topological polar surface area (TPSA) is 40.5 Å². The van der Waals surface area contributed by atoms with Crippen molar-refractivity contribution in [2.45, 2.75) is 156 Å². The second-order valence-corrected chi connectivity index (χ2v) is 26.8. The number of thiol groups is 2. The summed E-state index contributed by atoms with van der Waals surface area (Å²) in [6.07, 6.45) is 15.4. The van der Waals surface area contributed by atoms with Gasteiger partial charge in [0.05, 0.1) is 0 Å².